The first kappa shape index (κ1) is 16.1. The summed E-state index contributed by atoms with van der Waals surface area (Å²) in [5.41, 5.74) is -0.501. The number of carboxylic acids is 1. The van der Waals surface area contributed by atoms with Gasteiger partial charge in [0.25, 0.3) is 0 Å². The van der Waals surface area contributed by atoms with E-state index in [0.29, 0.717) is 25.7 Å². The molecule has 1 aliphatic heterocycles. The molecule has 5 heteroatoms. The van der Waals surface area contributed by atoms with Crippen molar-refractivity contribution in [2.24, 2.45) is 11.3 Å². The Labute approximate surface area is 137 Å². The van der Waals surface area contributed by atoms with Gasteiger partial charge in [-0.2, -0.15) is 0 Å². The standard InChI is InChI=1S/C18H25NO4/c1-2-22-15-5-7-16(8-6-15)23-11-10-19-12-14-4-3-9-18(14,13-19)17(20)21/h5-8,14H,2-4,9-13H2,1H3,(H,20,21)/t14-,18+/m0/s1. The topological polar surface area (TPSA) is 59.0 Å². The zero-order valence-electron chi connectivity index (χ0n) is 13.7. The lowest BCUT2D eigenvalue weighted by atomic mass is 9.81. The van der Waals surface area contributed by atoms with E-state index in [1.165, 1.54) is 0 Å². The van der Waals surface area contributed by atoms with E-state index in [1.807, 2.05) is 31.2 Å². The fraction of sp³-hybridized carbons (Fsp3) is 0.611. The van der Waals surface area contributed by atoms with Crippen LogP contribution in [0.25, 0.3) is 0 Å². The second kappa shape index (κ2) is 6.79. The van der Waals surface area contributed by atoms with Crippen LogP contribution >= 0.6 is 0 Å². The van der Waals surface area contributed by atoms with Crippen molar-refractivity contribution in [2.75, 3.05) is 32.8 Å². The van der Waals surface area contributed by atoms with Crippen molar-refractivity contribution in [1.29, 1.82) is 0 Å². The second-order valence-electron chi connectivity index (χ2n) is 6.54. The van der Waals surface area contributed by atoms with Gasteiger partial charge in [-0.3, -0.25) is 9.69 Å². The first-order valence-electron chi connectivity index (χ1n) is 8.45. The van der Waals surface area contributed by atoms with Crippen LogP contribution in [0.4, 0.5) is 0 Å². The Bertz CT molecular complexity index is 544. The summed E-state index contributed by atoms with van der Waals surface area (Å²) >= 11 is 0. The van der Waals surface area contributed by atoms with Gasteiger partial charge in [0.2, 0.25) is 0 Å². The summed E-state index contributed by atoms with van der Waals surface area (Å²) in [6.07, 6.45) is 2.92. The van der Waals surface area contributed by atoms with Crippen LogP contribution in [0.1, 0.15) is 26.2 Å². The molecule has 126 valence electrons. The lowest BCUT2D eigenvalue weighted by Gasteiger charge is -2.23. The van der Waals surface area contributed by atoms with Gasteiger partial charge < -0.3 is 14.6 Å². The molecule has 1 aromatic carbocycles. The van der Waals surface area contributed by atoms with Gasteiger partial charge >= 0.3 is 5.97 Å². The summed E-state index contributed by atoms with van der Waals surface area (Å²) in [7, 11) is 0. The van der Waals surface area contributed by atoms with Crippen molar-refractivity contribution in [3.05, 3.63) is 24.3 Å². The monoisotopic (exact) mass is 319 g/mol. The van der Waals surface area contributed by atoms with Gasteiger partial charge in [0.15, 0.2) is 0 Å². The number of nitrogens with zero attached hydrogens (tertiary/aromatic N) is 1. The molecule has 5 nitrogen and oxygen atoms in total. The summed E-state index contributed by atoms with van der Waals surface area (Å²) < 4.78 is 11.2. The van der Waals surface area contributed by atoms with Crippen molar-refractivity contribution in [3.8, 4) is 11.5 Å². The number of hydrogen-bond donors (Lipinski definition) is 1. The average molecular weight is 319 g/mol. The number of carboxylic acid groups (broad SMARTS) is 1. The molecule has 0 unspecified atom stereocenters. The minimum absolute atomic E-state index is 0.311. The molecular formula is C18H25NO4. The van der Waals surface area contributed by atoms with Gasteiger partial charge in [0, 0.05) is 19.6 Å². The van der Waals surface area contributed by atoms with Crippen molar-refractivity contribution in [2.45, 2.75) is 26.2 Å². The number of aliphatic carboxylic acids is 1. The molecule has 23 heavy (non-hydrogen) atoms. The molecule has 1 aliphatic carbocycles. The number of carbonyl (C=O) groups is 1. The zero-order chi connectivity index (χ0) is 16.3. The highest BCUT2D eigenvalue weighted by Gasteiger charge is 2.54. The highest BCUT2D eigenvalue weighted by molar-refractivity contribution is 5.76. The molecule has 0 amide bonds. The molecule has 0 bridgehead atoms. The second-order valence-corrected chi connectivity index (χ2v) is 6.54. The van der Waals surface area contributed by atoms with E-state index in [-0.39, 0.29) is 0 Å². The molecule has 1 saturated heterocycles. The van der Waals surface area contributed by atoms with Crippen molar-refractivity contribution >= 4 is 5.97 Å². The van der Waals surface area contributed by atoms with E-state index in [9.17, 15) is 9.90 Å². The number of benzene rings is 1. The summed E-state index contributed by atoms with van der Waals surface area (Å²) in [4.78, 5) is 13.9. The number of likely N-dealkylation sites (tertiary alicyclic amines) is 1. The molecule has 1 heterocycles. The van der Waals surface area contributed by atoms with Crippen molar-refractivity contribution in [1.82, 2.24) is 4.90 Å². The highest BCUT2D eigenvalue weighted by atomic mass is 16.5. The predicted molar refractivity (Wildman–Crippen MR) is 87.0 cm³/mol. The number of rotatable bonds is 7. The molecule has 1 N–H and O–H groups in total. The van der Waals surface area contributed by atoms with Gasteiger partial charge in [0.1, 0.15) is 18.1 Å². The number of ether oxygens (including phenoxy) is 2. The molecule has 2 fully saturated rings. The quantitative estimate of drug-likeness (QED) is 0.837. The van der Waals surface area contributed by atoms with E-state index in [1.54, 1.807) is 0 Å². The molecule has 0 aromatic heterocycles. The zero-order valence-corrected chi connectivity index (χ0v) is 13.7. The first-order valence-corrected chi connectivity index (χ1v) is 8.45. The van der Waals surface area contributed by atoms with E-state index in [2.05, 4.69) is 4.90 Å². The predicted octanol–water partition coefficient (Wildman–Crippen LogP) is 2.65. The lowest BCUT2D eigenvalue weighted by Crippen LogP contribution is -2.36. The van der Waals surface area contributed by atoms with E-state index in [0.717, 1.165) is 43.9 Å². The van der Waals surface area contributed by atoms with Crippen LogP contribution in [0.3, 0.4) is 0 Å². The maximum absolute atomic E-state index is 11.7. The third-order valence-electron chi connectivity index (χ3n) is 5.18. The van der Waals surface area contributed by atoms with Crippen molar-refractivity contribution in [3.63, 3.8) is 0 Å². The van der Waals surface area contributed by atoms with Crippen LogP contribution in [0, 0.1) is 11.3 Å². The number of hydrogen-bond acceptors (Lipinski definition) is 4. The van der Waals surface area contributed by atoms with Crippen LogP contribution in [-0.2, 0) is 4.79 Å². The van der Waals surface area contributed by atoms with E-state index in [4.69, 9.17) is 9.47 Å². The minimum Gasteiger partial charge on any atom is -0.494 e. The Morgan fingerprint density at radius 1 is 1.30 bits per heavy atom. The highest BCUT2D eigenvalue weighted by Crippen LogP contribution is 2.48. The van der Waals surface area contributed by atoms with Gasteiger partial charge in [0.05, 0.1) is 12.0 Å². The summed E-state index contributed by atoms with van der Waals surface area (Å²) in [6.45, 7) is 5.52. The molecule has 0 spiro atoms. The van der Waals surface area contributed by atoms with E-state index < -0.39 is 11.4 Å². The molecule has 1 saturated carbocycles. The van der Waals surface area contributed by atoms with Gasteiger partial charge in [-0.15, -0.1) is 0 Å². The van der Waals surface area contributed by atoms with Crippen LogP contribution in [-0.4, -0.2) is 48.8 Å². The fourth-order valence-corrected chi connectivity index (χ4v) is 4.00. The van der Waals surface area contributed by atoms with E-state index >= 15 is 0 Å². The third kappa shape index (κ3) is 3.29. The maximum Gasteiger partial charge on any atom is 0.311 e. The lowest BCUT2D eigenvalue weighted by molar-refractivity contribution is -0.149. The molecule has 2 atom stereocenters. The molecular weight excluding hydrogens is 294 g/mol. The Hall–Kier alpha value is -1.75. The average Bonchev–Trinajstić information content (AvgIpc) is 3.07. The summed E-state index contributed by atoms with van der Waals surface area (Å²) in [5, 5.41) is 9.60. The Balaban J connectivity index is 1.47. The first-order chi connectivity index (χ1) is 11.1. The van der Waals surface area contributed by atoms with Crippen LogP contribution in [0.5, 0.6) is 11.5 Å². The van der Waals surface area contributed by atoms with Crippen LogP contribution in [0.15, 0.2) is 24.3 Å². The van der Waals surface area contributed by atoms with Crippen LogP contribution in [0.2, 0.25) is 0 Å². The molecule has 2 aliphatic rings. The summed E-state index contributed by atoms with van der Waals surface area (Å²) in [5.74, 6) is 1.36. The van der Waals surface area contributed by atoms with Gasteiger partial charge in [-0.05, 0) is 49.9 Å². The molecule has 1 aromatic rings. The molecule has 3 rings (SSSR count). The third-order valence-corrected chi connectivity index (χ3v) is 5.18. The number of fused-ring (bicyclic) bond motifs is 1. The van der Waals surface area contributed by atoms with Crippen molar-refractivity contribution < 1.29 is 19.4 Å². The Morgan fingerprint density at radius 2 is 2.00 bits per heavy atom. The molecule has 0 radical (unpaired) electrons. The fourth-order valence-electron chi connectivity index (χ4n) is 4.00. The summed E-state index contributed by atoms with van der Waals surface area (Å²) in [6, 6.07) is 7.61. The Kier molecular flexibility index (Phi) is 4.76. The van der Waals surface area contributed by atoms with Crippen LogP contribution < -0.4 is 9.47 Å². The smallest absolute Gasteiger partial charge is 0.311 e. The largest absolute Gasteiger partial charge is 0.494 e. The minimum atomic E-state index is -0.616. The van der Waals surface area contributed by atoms with Gasteiger partial charge in [-0.1, -0.05) is 6.42 Å². The van der Waals surface area contributed by atoms with Gasteiger partial charge in [-0.25, -0.2) is 0 Å². The maximum atomic E-state index is 11.7. The Morgan fingerprint density at radius 3 is 2.61 bits per heavy atom. The normalized spacial score (nSPS) is 26.9. The SMILES string of the molecule is CCOc1ccc(OCCN2C[C@@H]3CCC[C@@]3(C(=O)O)C2)cc1.